The Morgan fingerprint density at radius 3 is 2.88 bits per heavy atom. The van der Waals surface area contributed by atoms with E-state index in [-0.39, 0.29) is 22.1 Å². The van der Waals surface area contributed by atoms with Crippen LogP contribution in [0.1, 0.15) is 63.8 Å². The summed E-state index contributed by atoms with van der Waals surface area (Å²) in [5.74, 6) is 0.500. The smallest absolute Gasteiger partial charge is 0.123 e. The predicted octanol–water partition coefficient (Wildman–Crippen LogP) is 3.95. The van der Waals surface area contributed by atoms with Gasteiger partial charge in [-0.15, -0.1) is 0 Å². The van der Waals surface area contributed by atoms with Crippen LogP contribution in [0.25, 0.3) is 17.0 Å². The number of nitrogens with one attached hydrogen (secondary N) is 2. The van der Waals surface area contributed by atoms with E-state index < -0.39 is 6.23 Å². The van der Waals surface area contributed by atoms with Gasteiger partial charge >= 0.3 is 0 Å². The van der Waals surface area contributed by atoms with Gasteiger partial charge in [-0.25, -0.2) is 0 Å². The van der Waals surface area contributed by atoms with Crippen molar-refractivity contribution in [2.75, 3.05) is 20.2 Å². The Morgan fingerprint density at radius 1 is 1.28 bits per heavy atom. The summed E-state index contributed by atoms with van der Waals surface area (Å²) in [5.41, 5.74) is 4.80. The summed E-state index contributed by atoms with van der Waals surface area (Å²) in [6, 6.07) is 6.62. The normalized spacial score (nSPS) is 35.9. The lowest BCUT2D eigenvalue weighted by Crippen LogP contribution is -2.83. The molecule has 5 nitrogen and oxygen atoms in total. The van der Waals surface area contributed by atoms with Crippen molar-refractivity contribution in [3.05, 3.63) is 41.1 Å². The summed E-state index contributed by atoms with van der Waals surface area (Å²) in [4.78, 5) is 6.50. The van der Waals surface area contributed by atoms with E-state index in [1.807, 2.05) is 0 Å². The first-order chi connectivity index (χ1) is 15.1. The van der Waals surface area contributed by atoms with Crippen molar-refractivity contribution in [1.82, 2.24) is 15.2 Å². The highest BCUT2D eigenvalue weighted by molar-refractivity contribution is 5.92. The van der Waals surface area contributed by atoms with E-state index in [9.17, 15) is 5.11 Å². The molecule has 5 heterocycles. The van der Waals surface area contributed by atoms with Crippen LogP contribution in [0.3, 0.4) is 0 Å². The zero-order chi connectivity index (χ0) is 22.5. The lowest BCUT2D eigenvalue weighted by molar-refractivity contribution is -0.179. The predicted molar refractivity (Wildman–Crippen MR) is 129 cm³/mol. The molecule has 4 saturated heterocycles. The van der Waals surface area contributed by atoms with Crippen LogP contribution in [-0.4, -0.2) is 58.1 Å². The molecular formula is C27H37N3O2. The second-order valence-corrected chi connectivity index (χ2v) is 11.9. The van der Waals surface area contributed by atoms with Crippen molar-refractivity contribution in [3.8, 4) is 0 Å². The van der Waals surface area contributed by atoms with Gasteiger partial charge in [0.1, 0.15) is 6.23 Å². The van der Waals surface area contributed by atoms with Gasteiger partial charge < -0.3 is 14.8 Å². The monoisotopic (exact) mass is 435 g/mol. The summed E-state index contributed by atoms with van der Waals surface area (Å²) < 4.78 is 5.59. The average molecular weight is 436 g/mol. The zero-order valence-corrected chi connectivity index (χ0v) is 20.1. The van der Waals surface area contributed by atoms with Gasteiger partial charge in [0, 0.05) is 35.7 Å². The number of aromatic amines is 1. The maximum Gasteiger partial charge on any atom is 0.123 e. The molecule has 0 amide bonds. The van der Waals surface area contributed by atoms with E-state index in [0.29, 0.717) is 5.92 Å². The van der Waals surface area contributed by atoms with Crippen molar-refractivity contribution in [3.63, 3.8) is 0 Å². The molecule has 2 bridgehead atoms. The molecule has 2 unspecified atom stereocenters. The number of piperidine rings is 2. The number of ether oxygens (including phenoxy) is 1. The number of aromatic nitrogens is 1. The molecule has 172 valence electrons. The van der Waals surface area contributed by atoms with Crippen LogP contribution in [0.5, 0.6) is 0 Å². The molecule has 0 radical (unpaired) electrons. The minimum Gasteiger partial charge on any atom is -0.377 e. The SMILES string of the molecule is COC(C)(C)/C=C/c1cccc2c3c([nH]c12)C(C)(C)C1C[C@]24CCCN2C[C@@]1(C3)NC4O. The minimum absolute atomic E-state index is 0.00814. The Morgan fingerprint density at radius 2 is 2.09 bits per heavy atom. The van der Waals surface area contributed by atoms with Gasteiger partial charge in [-0.2, -0.15) is 0 Å². The van der Waals surface area contributed by atoms with Crippen LogP contribution in [0, 0.1) is 5.92 Å². The number of aliphatic hydroxyl groups is 1. The largest absolute Gasteiger partial charge is 0.377 e. The molecule has 5 heteroatoms. The van der Waals surface area contributed by atoms with E-state index in [0.717, 1.165) is 32.4 Å². The van der Waals surface area contributed by atoms with Crippen molar-refractivity contribution in [1.29, 1.82) is 0 Å². The summed E-state index contributed by atoms with van der Waals surface area (Å²) in [7, 11) is 1.75. The average Bonchev–Trinajstić information content (AvgIpc) is 3.34. The molecule has 4 fully saturated rings. The number of hydrogen-bond donors (Lipinski definition) is 3. The van der Waals surface area contributed by atoms with Gasteiger partial charge in [0.15, 0.2) is 0 Å². The van der Waals surface area contributed by atoms with Crippen molar-refractivity contribution < 1.29 is 9.84 Å². The fourth-order valence-electron chi connectivity index (χ4n) is 7.59. The Labute approximate surface area is 191 Å². The van der Waals surface area contributed by atoms with Gasteiger partial charge in [0.2, 0.25) is 0 Å². The highest BCUT2D eigenvalue weighted by Gasteiger charge is 2.68. The number of methoxy groups -OCH3 is 1. The van der Waals surface area contributed by atoms with Crippen LogP contribution in [0.15, 0.2) is 24.3 Å². The molecule has 0 saturated carbocycles. The summed E-state index contributed by atoms with van der Waals surface area (Å²) >= 11 is 0. The van der Waals surface area contributed by atoms with Crippen molar-refractivity contribution >= 4 is 17.0 Å². The fourth-order valence-corrected chi connectivity index (χ4v) is 7.59. The first-order valence-corrected chi connectivity index (χ1v) is 12.2. The van der Waals surface area contributed by atoms with Gasteiger partial charge in [0.25, 0.3) is 0 Å². The van der Waals surface area contributed by atoms with Crippen LogP contribution >= 0.6 is 0 Å². The lowest BCUT2D eigenvalue weighted by atomic mass is 9.51. The van der Waals surface area contributed by atoms with E-state index >= 15 is 0 Å². The molecule has 4 aliphatic heterocycles. The molecule has 32 heavy (non-hydrogen) atoms. The van der Waals surface area contributed by atoms with E-state index in [1.54, 1.807) is 7.11 Å². The van der Waals surface area contributed by atoms with Crippen LogP contribution in [-0.2, 0) is 16.6 Å². The number of piperazine rings is 1. The number of fused-ring (bicyclic) bond motifs is 4. The third-order valence-corrected chi connectivity index (χ3v) is 9.47. The molecule has 1 aromatic carbocycles. The number of para-hydroxylation sites is 1. The number of hydrogen-bond acceptors (Lipinski definition) is 4. The highest BCUT2D eigenvalue weighted by atomic mass is 16.5. The molecule has 3 N–H and O–H groups in total. The third-order valence-electron chi connectivity index (χ3n) is 9.47. The van der Waals surface area contributed by atoms with E-state index in [2.05, 4.69) is 73.2 Å². The van der Waals surface area contributed by atoms with Gasteiger partial charge in [-0.3, -0.25) is 10.2 Å². The van der Waals surface area contributed by atoms with Crippen LogP contribution in [0.4, 0.5) is 0 Å². The molecular weight excluding hydrogens is 398 g/mol. The van der Waals surface area contributed by atoms with Crippen LogP contribution in [0.2, 0.25) is 0 Å². The molecule has 1 aliphatic carbocycles. The molecule has 4 atom stereocenters. The van der Waals surface area contributed by atoms with Gasteiger partial charge in [0.05, 0.1) is 16.7 Å². The summed E-state index contributed by atoms with van der Waals surface area (Å²) in [6.07, 6.45) is 8.26. The zero-order valence-electron chi connectivity index (χ0n) is 20.1. The van der Waals surface area contributed by atoms with Gasteiger partial charge in [-0.05, 0) is 63.1 Å². The lowest BCUT2D eigenvalue weighted by Gasteiger charge is -2.68. The number of H-pyrrole nitrogens is 1. The third kappa shape index (κ3) is 2.60. The molecule has 2 spiro atoms. The Balaban J connectivity index is 1.49. The molecule has 1 aromatic heterocycles. The van der Waals surface area contributed by atoms with E-state index in [4.69, 9.17) is 4.74 Å². The maximum atomic E-state index is 11.2. The second kappa shape index (κ2) is 6.47. The molecule has 2 aromatic rings. The van der Waals surface area contributed by atoms with Crippen molar-refractivity contribution in [2.45, 2.75) is 81.7 Å². The Hall–Kier alpha value is -1.66. The second-order valence-electron chi connectivity index (χ2n) is 11.9. The van der Waals surface area contributed by atoms with E-state index in [1.165, 1.54) is 34.1 Å². The topological polar surface area (TPSA) is 60.5 Å². The summed E-state index contributed by atoms with van der Waals surface area (Å²) in [6.45, 7) is 11.2. The summed E-state index contributed by atoms with van der Waals surface area (Å²) in [5, 5.41) is 16.3. The molecule has 7 rings (SSSR count). The minimum atomic E-state index is -0.424. The fraction of sp³-hybridized carbons (Fsp3) is 0.630. The van der Waals surface area contributed by atoms with Gasteiger partial charge in [-0.1, -0.05) is 44.2 Å². The quantitative estimate of drug-likeness (QED) is 0.683. The first-order valence-electron chi connectivity index (χ1n) is 12.2. The maximum absolute atomic E-state index is 11.2. The number of benzene rings is 1. The van der Waals surface area contributed by atoms with Crippen molar-refractivity contribution in [2.24, 2.45) is 5.92 Å². The first kappa shape index (κ1) is 20.9. The Kier molecular flexibility index (Phi) is 4.23. The highest BCUT2D eigenvalue weighted by Crippen LogP contribution is 2.59. The standard InChI is InChI=1S/C27H37N3O2/c1-24(2,32-5)12-10-17-8-6-9-18-19-14-26-16-30-13-7-11-27(30,23(31)29-26)15-20(26)25(3,4)22(19)28-21(17)18/h6,8-10,12,20,23,28-29,31H,7,11,13-16H2,1-5H3/b12-10+/t20?,23?,26-,27+/m1/s1. The number of aliphatic hydroxyl groups excluding tert-OH is 1. The van der Waals surface area contributed by atoms with Crippen LogP contribution < -0.4 is 5.32 Å². The Bertz CT molecular complexity index is 1120. The molecule has 5 aliphatic rings. The number of nitrogens with zero attached hydrogens (tertiary/aromatic N) is 1. The number of rotatable bonds is 3.